The number of para-hydroxylation sites is 1. The van der Waals surface area contributed by atoms with Gasteiger partial charge in [0.15, 0.2) is 11.0 Å². The van der Waals surface area contributed by atoms with Crippen molar-refractivity contribution in [1.29, 1.82) is 0 Å². The van der Waals surface area contributed by atoms with Gasteiger partial charge in [0.05, 0.1) is 0 Å². The van der Waals surface area contributed by atoms with Gasteiger partial charge in [-0.25, -0.2) is 14.8 Å². The Balaban J connectivity index is 2.17. The van der Waals surface area contributed by atoms with Crippen LogP contribution in [0.4, 0.5) is 11.5 Å². The van der Waals surface area contributed by atoms with E-state index in [0.29, 0.717) is 11.0 Å². The maximum atomic E-state index is 11.5. The third-order valence-electron chi connectivity index (χ3n) is 3.59. The quantitative estimate of drug-likeness (QED) is 0.694. The van der Waals surface area contributed by atoms with E-state index in [1.165, 1.54) is 23.5 Å². The smallest absolute Gasteiger partial charge is 0.341 e. The Morgan fingerprint density at radius 1 is 1.43 bits per heavy atom. The zero-order valence-corrected chi connectivity index (χ0v) is 12.6. The third kappa shape index (κ3) is 2.35. The normalized spacial score (nSPS) is 16.9. The van der Waals surface area contributed by atoms with E-state index < -0.39 is 5.97 Å². The molecule has 1 aliphatic heterocycles. The lowest BCUT2D eigenvalue weighted by Crippen LogP contribution is -2.27. The predicted octanol–water partition coefficient (Wildman–Crippen LogP) is 2.98. The van der Waals surface area contributed by atoms with E-state index >= 15 is 0 Å². The minimum Gasteiger partial charge on any atom is -0.477 e. The Labute approximate surface area is 127 Å². The summed E-state index contributed by atoms with van der Waals surface area (Å²) in [5, 5.41) is 9.99. The monoisotopic (exact) mass is 301 g/mol. The highest BCUT2D eigenvalue weighted by Crippen LogP contribution is 2.38. The Bertz CT molecular complexity index is 705. The van der Waals surface area contributed by atoms with Crippen LogP contribution in [0.25, 0.3) is 0 Å². The van der Waals surface area contributed by atoms with Gasteiger partial charge in [0.1, 0.15) is 5.56 Å². The number of carbonyl (C=O) groups is 1. The zero-order chi connectivity index (χ0) is 15.0. The summed E-state index contributed by atoms with van der Waals surface area (Å²) in [5.74, 6) is -0.534. The summed E-state index contributed by atoms with van der Waals surface area (Å²) in [4.78, 5) is 22.0. The lowest BCUT2D eigenvalue weighted by molar-refractivity contribution is 0.0696. The highest BCUT2D eigenvalue weighted by molar-refractivity contribution is 7.98. The van der Waals surface area contributed by atoms with Crippen molar-refractivity contribution in [3.8, 4) is 0 Å². The van der Waals surface area contributed by atoms with Crippen LogP contribution in [0, 0.1) is 0 Å². The van der Waals surface area contributed by atoms with E-state index in [4.69, 9.17) is 0 Å². The summed E-state index contributed by atoms with van der Waals surface area (Å²) < 4.78 is 0. The number of rotatable bonds is 3. The predicted molar refractivity (Wildman–Crippen MR) is 82.5 cm³/mol. The summed E-state index contributed by atoms with van der Waals surface area (Å²) in [6.45, 7) is 2.08. The average Bonchev–Trinajstić information content (AvgIpc) is 2.82. The number of carboxylic acids is 1. The molecule has 1 aliphatic rings. The molecule has 108 valence electrons. The Hall–Kier alpha value is -2.08. The Morgan fingerprint density at radius 2 is 2.19 bits per heavy atom. The van der Waals surface area contributed by atoms with Gasteiger partial charge >= 0.3 is 5.97 Å². The molecule has 5 nitrogen and oxygen atoms in total. The molecule has 1 aromatic carbocycles. The Morgan fingerprint density at radius 3 is 2.90 bits per heavy atom. The van der Waals surface area contributed by atoms with Gasteiger partial charge in [-0.15, -0.1) is 0 Å². The number of benzene rings is 1. The number of hydrogen-bond acceptors (Lipinski definition) is 5. The van der Waals surface area contributed by atoms with Gasteiger partial charge in [-0.05, 0) is 31.2 Å². The van der Waals surface area contributed by atoms with Crippen molar-refractivity contribution in [2.45, 2.75) is 24.5 Å². The molecule has 21 heavy (non-hydrogen) atoms. The van der Waals surface area contributed by atoms with Gasteiger partial charge in [0.25, 0.3) is 0 Å². The lowest BCUT2D eigenvalue weighted by atomic mass is 10.1. The van der Waals surface area contributed by atoms with Crippen molar-refractivity contribution in [2.75, 3.05) is 11.2 Å². The summed E-state index contributed by atoms with van der Waals surface area (Å²) in [5.41, 5.74) is 2.38. The number of aromatic nitrogens is 2. The first-order valence-electron chi connectivity index (χ1n) is 6.63. The van der Waals surface area contributed by atoms with Gasteiger partial charge < -0.3 is 10.0 Å². The molecule has 3 rings (SSSR count). The number of fused-ring (bicyclic) bond motifs is 1. The SMILES string of the molecule is CSc1ncc(C(=O)O)c(N2c3ccccc3C[C@H]2C)n1. The molecule has 0 radical (unpaired) electrons. The van der Waals surface area contributed by atoms with E-state index in [9.17, 15) is 9.90 Å². The van der Waals surface area contributed by atoms with Crippen molar-refractivity contribution >= 4 is 29.2 Å². The molecular formula is C15H15N3O2S. The van der Waals surface area contributed by atoms with Crippen molar-refractivity contribution in [2.24, 2.45) is 0 Å². The Kier molecular flexibility index (Phi) is 3.55. The molecule has 0 saturated carbocycles. The molecule has 1 N–H and O–H groups in total. The molecular weight excluding hydrogens is 286 g/mol. The van der Waals surface area contributed by atoms with Gasteiger partial charge in [-0.2, -0.15) is 0 Å². The number of anilines is 2. The van der Waals surface area contributed by atoms with Crippen molar-refractivity contribution < 1.29 is 9.90 Å². The van der Waals surface area contributed by atoms with Crippen LogP contribution in [0.5, 0.6) is 0 Å². The highest BCUT2D eigenvalue weighted by atomic mass is 32.2. The molecule has 0 aliphatic carbocycles. The van der Waals surface area contributed by atoms with Crippen LogP contribution in [-0.2, 0) is 6.42 Å². The molecule has 0 fully saturated rings. The first-order chi connectivity index (χ1) is 10.1. The van der Waals surface area contributed by atoms with E-state index in [-0.39, 0.29) is 11.6 Å². The van der Waals surface area contributed by atoms with Crippen LogP contribution >= 0.6 is 11.8 Å². The molecule has 0 amide bonds. The standard InChI is InChI=1S/C15H15N3O2S/c1-9-7-10-5-3-4-6-12(10)18(9)13-11(14(19)20)8-16-15(17-13)21-2/h3-6,8-9H,7H2,1-2H3,(H,19,20)/t9-/m1/s1. The van der Waals surface area contributed by atoms with Crippen LogP contribution < -0.4 is 4.90 Å². The zero-order valence-electron chi connectivity index (χ0n) is 11.8. The maximum Gasteiger partial charge on any atom is 0.341 e. The number of hydrogen-bond donors (Lipinski definition) is 1. The molecule has 2 aromatic rings. The largest absolute Gasteiger partial charge is 0.477 e. The van der Waals surface area contributed by atoms with Crippen molar-refractivity contribution in [3.05, 3.63) is 41.6 Å². The van der Waals surface area contributed by atoms with Crippen LogP contribution in [0.2, 0.25) is 0 Å². The summed E-state index contributed by atoms with van der Waals surface area (Å²) in [6.07, 6.45) is 4.15. The second kappa shape index (κ2) is 5.37. The number of thioether (sulfide) groups is 1. The minimum absolute atomic E-state index is 0.136. The maximum absolute atomic E-state index is 11.5. The summed E-state index contributed by atoms with van der Waals surface area (Å²) >= 11 is 1.40. The first kappa shape index (κ1) is 13.9. The molecule has 1 aromatic heterocycles. The van der Waals surface area contributed by atoms with Crippen LogP contribution in [0.1, 0.15) is 22.8 Å². The molecule has 0 saturated heterocycles. The molecule has 2 heterocycles. The van der Waals surface area contributed by atoms with Gasteiger partial charge in [0, 0.05) is 17.9 Å². The van der Waals surface area contributed by atoms with Gasteiger partial charge in [-0.1, -0.05) is 30.0 Å². The summed E-state index contributed by atoms with van der Waals surface area (Å²) in [7, 11) is 0. The molecule has 0 spiro atoms. The number of carboxylic acid groups (broad SMARTS) is 1. The van der Waals surface area contributed by atoms with Gasteiger partial charge in [0.2, 0.25) is 0 Å². The van der Waals surface area contributed by atoms with Crippen LogP contribution in [0.3, 0.4) is 0 Å². The van der Waals surface area contributed by atoms with Crippen molar-refractivity contribution in [3.63, 3.8) is 0 Å². The molecule has 0 unspecified atom stereocenters. The fourth-order valence-electron chi connectivity index (χ4n) is 2.68. The second-order valence-electron chi connectivity index (χ2n) is 4.95. The van der Waals surface area contributed by atoms with Crippen LogP contribution in [-0.4, -0.2) is 33.3 Å². The third-order valence-corrected chi connectivity index (χ3v) is 4.16. The average molecular weight is 301 g/mol. The van der Waals surface area contributed by atoms with Crippen molar-refractivity contribution in [1.82, 2.24) is 9.97 Å². The highest BCUT2D eigenvalue weighted by Gasteiger charge is 2.31. The molecule has 1 atom stereocenters. The van der Waals surface area contributed by atoms with E-state index in [1.807, 2.05) is 29.4 Å². The number of aromatic carboxylic acids is 1. The number of nitrogens with zero attached hydrogens (tertiary/aromatic N) is 3. The van der Waals surface area contributed by atoms with E-state index in [1.54, 1.807) is 0 Å². The second-order valence-corrected chi connectivity index (χ2v) is 5.72. The molecule has 0 bridgehead atoms. The fraction of sp³-hybridized carbons (Fsp3) is 0.267. The topological polar surface area (TPSA) is 66.3 Å². The lowest BCUT2D eigenvalue weighted by Gasteiger charge is -2.25. The first-order valence-corrected chi connectivity index (χ1v) is 7.85. The van der Waals surface area contributed by atoms with Crippen LogP contribution in [0.15, 0.2) is 35.6 Å². The van der Waals surface area contributed by atoms with E-state index in [2.05, 4.69) is 23.0 Å². The van der Waals surface area contributed by atoms with Gasteiger partial charge in [-0.3, -0.25) is 0 Å². The van der Waals surface area contributed by atoms with E-state index in [0.717, 1.165) is 12.1 Å². The minimum atomic E-state index is -1.01. The fourth-order valence-corrected chi connectivity index (χ4v) is 3.01. The molecule has 6 heteroatoms. The summed E-state index contributed by atoms with van der Waals surface area (Å²) in [6, 6.07) is 8.21.